The summed E-state index contributed by atoms with van der Waals surface area (Å²) in [5.41, 5.74) is 0.920. The summed E-state index contributed by atoms with van der Waals surface area (Å²) in [6, 6.07) is 5.63. The summed E-state index contributed by atoms with van der Waals surface area (Å²) in [5.74, 6) is -1.22. The number of H-pyrrole nitrogens is 2. The van der Waals surface area contributed by atoms with Gasteiger partial charge in [-0.2, -0.15) is 5.10 Å². The molecule has 0 saturated carbocycles. The molecule has 2 amide bonds. The van der Waals surface area contributed by atoms with Crippen molar-refractivity contribution in [3.63, 3.8) is 0 Å². The van der Waals surface area contributed by atoms with Gasteiger partial charge in [0.2, 0.25) is 11.7 Å². The summed E-state index contributed by atoms with van der Waals surface area (Å²) in [4.78, 5) is 39.4. The molecular formula is C18H18FN7O3. The molecule has 10 nitrogen and oxygen atoms in total. The molecule has 150 valence electrons. The van der Waals surface area contributed by atoms with E-state index in [4.69, 9.17) is 0 Å². The van der Waals surface area contributed by atoms with Gasteiger partial charge in [-0.25, -0.2) is 19.0 Å². The van der Waals surface area contributed by atoms with Gasteiger partial charge in [-0.3, -0.25) is 14.6 Å². The molecule has 1 saturated heterocycles. The third-order valence-electron chi connectivity index (χ3n) is 4.97. The maximum absolute atomic E-state index is 13.1. The van der Waals surface area contributed by atoms with Crippen LogP contribution in [0.1, 0.15) is 28.6 Å². The van der Waals surface area contributed by atoms with Crippen molar-refractivity contribution < 1.29 is 14.0 Å². The first-order valence-corrected chi connectivity index (χ1v) is 8.91. The highest BCUT2D eigenvalue weighted by atomic mass is 19.1. The van der Waals surface area contributed by atoms with Crippen LogP contribution in [0.2, 0.25) is 0 Å². The minimum absolute atomic E-state index is 0.0445. The molecule has 4 rings (SSSR count). The van der Waals surface area contributed by atoms with Crippen LogP contribution in [0.5, 0.6) is 0 Å². The predicted molar refractivity (Wildman–Crippen MR) is 98.7 cm³/mol. The summed E-state index contributed by atoms with van der Waals surface area (Å²) in [5, 5.41) is 12.7. The Hall–Kier alpha value is -3.76. The molecule has 1 aliphatic heterocycles. The predicted octanol–water partition coefficient (Wildman–Crippen LogP) is 0.372. The molecule has 3 aromatic rings. The van der Waals surface area contributed by atoms with Crippen molar-refractivity contribution in [2.45, 2.75) is 12.5 Å². The van der Waals surface area contributed by atoms with Gasteiger partial charge in [0, 0.05) is 37.7 Å². The van der Waals surface area contributed by atoms with Crippen LogP contribution in [0.15, 0.2) is 41.5 Å². The number of halogens is 1. The van der Waals surface area contributed by atoms with E-state index in [9.17, 15) is 18.8 Å². The lowest BCUT2D eigenvalue weighted by Gasteiger charge is -2.24. The van der Waals surface area contributed by atoms with Crippen LogP contribution in [-0.4, -0.2) is 55.3 Å². The summed E-state index contributed by atoms with van der Waals surface area (Å²) in [6.45, 7) is 0.218. The summed E-state index contributed by atoms with van der Waals surface area (Å²) < 4.78 is 14.7. The van der Waals surface area contributed by atoms with Crippen LogP contribution in [0.3, 0.4) is 0 Å². The van der Waals surface area contributed by atoms with E-state index in [1.165, 1.54) is 12.1 Å². The Morgan fingerprint density at radius 1 is 1.31 bits per heavy atom. The van der Waals surface area contributed by atoms with E-state index in [1.54, 1.807) is 41.2 Å². The van der Waals surface area contributed by atoms with Crippen molar-refractivity contribution in [3.05, 3.63) is 64.3 Å². The third-order valence-corrected chi connectivity index (χ3v) is 4.97. The number of nitrogens with zero attached hydrogens (tertiary/aromatic N) is 4. The first-order valence-electron chi connectivity index (χ1n) is 8.91. The minimum Gasteiger partial charge on any atom is -0.349 e. The largest absolute Gasteiger partial charge is 0.349 e. The third kappa shape index (κ3) is 3.66. The molecule has 0 spiro atoms. The average molecular weight is 399 g/mol. The molecular weight excluding hydrogens is 381 g/mol. The zero-order valence-electron chi connectivity index (χ0n) is 15.4. The second kappa shape index (κ2) is 7.34. The Balaban J connectivity index is 1.51. The number of hydrogen-bond donors (Lipinski definition) is 3. The van der Waals surface area contributed by atoms with Gasteiger partial charge in [0.25, 0.3) is 5.91 Å². The average Bonchev–Trinajstić information content (AvgIpc) is 3.41. The lowest BCUT2D eigenvalue weighted by atomic mass is 9.95. The summed E-state index contributed by atoms with van der Waals surface area (Å²) in [7, 11) is 1.70. The second-order valence-corrected chi connectivity index (χ2v) is 6.84. The molecule has 3 heterocycles. The van der Waals surface area contributed by atoms with Crippen molar-refractivity contribution in [2.24, 2.45) is 5.92 Å². The number of aromatic amines is 2. The Labute approximate surface area is 163 Å². The van der Waals surface area contributed by atoms with E-state index in [0.29, 0.717) is 5.69 Å². The van der Waals surface area contributed by atoms with Gasteiger partial charge in [-0.1, -0.05) is 0 Å². The number of carbonyl (C=O) groups excluding carboxylic acids is 2. The van der Waals surface area contributed by atoms with Crippen molar-refractivity contribution >= 4 is 11.8 Å². The number of amides is 2. The molecule has 1 aliphatic rings. The van der Waals surface area contributed by atoms with Crippen molar-refractivity contribution in [3.8, 4) is 5.69 Å². The van der Waals surface area contributed by atoms with Crippen LogP contribution in [0.25, 0.3) is 5.69 Å². The molecule has 3 N–H and O–H groups in total. The van der Waals surface area contributed by atoms with E-state index in [0.717, 1.165) is 5.56 Å². The van der Waals surface area contributed by atoms with Gasteiger partial charge >= 0.3 is 5.69 Å². The fourth-order valence-electron chi connectivity index (χ4n) is 3.54. The molecule has 0 radical (unpaired) electrons. The van der Waals surface area contributed by atoms with Gasteiger partial charge in [0.05, 0.1) is 17.9 Å². The van der Waals surface area contributed by atoms with Crippen LogP contribution in [0, 0.1) is 11.7 Å². The Morgan fingerprint density at radius 3 is 2.76 bits per heavy atom. The van der Waals surface area contributed by atoms with Gasteiger partial charge in [0.15, 0.2) is 0 Å². The molecule has 29 heavy (non-hydrogen) atoms. The fraction of sp³-hybridized carbons (Fsp3) is 0.278. The quantitative estimate of drug-likeness (QED) is 0.571. The first-order chi connectivity index (χ1) is 13.9. The van der Waals surface area contributed by atoms with Crippen molar-refractivity contribution in [2.75, 3.05) is 13.6 Å². The van der Waals surface area contributed by atoms with Crippen LogP contribution < -0.4 is 11.0 Å². The highest BCUT2D eigenvalue weighted by molar-refractivity contribution is 5.90. The Kier molecular flexibility index (Phi) is 4.71. The fourth-order valence-corrected chi connectivity index (χ4v) is 3.54. The Bertz CT molecular complexity index is 1100. The van der Waals surface area contributed by atoms with E-state index in [1.807, 2.05) is 0 Å². The topological polar surface area (TPSA) is 129 Å². The zero-order valence-corrected chi connectivity index (χ0v) is 15.4. The normalized spacial score (nSPS) is 19.0. The number of aromatic nitrogens is 5. The molecule has 0 aliphatic carbocycles. The number of hydrogen-bond acceptors (Lipinski definition) is 5. The van der Waals surface area contributed by atoms with E-state index in [-0.39, 0.29) is 42.5 Å². The van der Waals surface area contributed by atoms with E-state index < -0.39 is 11.6 Å². The summed E-state index contributed by atoms with van der Waals surface area (Å²) in [6.07, 6.45) is 3.70. The molecule has 11 heteroatoms. The lowest BCUT2D eigenvalue weighted by molar-refractivity contribution is -0.127. The van der Waals surface area contributed by atoms with E-state index >= 15 is 0 Å². The number of carbonyl (C=O) groups is 2. The van der Waals surface area contributed by atoms with Crippen molar-refractivity contribution in [1.29, 1.82) is 0 Å². The smallest absolute Gasteiger partial charge is 0.341 e. The van der Waals surface area contributed by atoms with Gasteiger partial charge in [-0.05, 0) is 24.3 Å². The van der Waals surface area contributed by atoms with Gasteiger partial charge in [-0.15, -0.1) is 5.10 Å². The second-order valence-electron chi connectivity index (χ2n) is 6.84. The van der Waals surface area contributed by atoms with Crippen LogP contribution >= 0.6 is 0 Å². The number of benzene rings is 1. The van der Waals surface area contributed by atoms with Crippen LogP contribution in [0.4, 0.5) is 4.39 Å². The van der Waals surface area contributed by atoms with Gasteiger partial charge < -0.3 is 10.2 Å². The van der Waals surface area contributed by atoms with Crippen LogP contribution in [-0.2, 0) is 4.79 Å². The van der Waals surface area contributed by atoms with Gasteiger partial charge in [0.1, 0.15) is 5.82 Å². The maximum atomic E-state index is 13.1. The number of nitrogens with one attached hydrogen (secondary N) is 3. The number of likely N-dealkylation sites (tertiary alicyclic amines) is 1. The summed E-state index contributed by atoms with van der Waals surface area (Å²) >= 11 is 0. The lowest BCUT2D eigenvalue weighted by Crippen LogP contribution is -2.33. The molecule has 2 aromatic heterocycles. The molecule has 1 aromatic carbocycles. The molecule has 2 atom stereocenters. The minimum atomic E-state index is -0.572. The SMILES string of the molecule is CN1C(=O)C[C@@H](CNC(=O)c2n[nH]c(=O)[nH]2)[C@@H]1c1cnn(-c2ccc(F)cc2)c1. The molecule has 0 bridgehead atoms. The Morgan fingerprint density at radius 2 is 2.07 bits per heavy atom. The standard InChI is InChI=1S/C18H18FN7O3/c1-25-14(27)6-10(7-20-17(28)16-22-18(29)24-23-16)15(25)11-8-21-26(9-11)13-4-2-12(19)3-5-13/h2-5,8-10,15H,6-7H2,1H3,(H,20,28)(H2,22,23,24,29)/t10-,15+/m0/s1. The zero-order chi connectivity index (χ0) is 20.5. The van der Waals surface area contributed by atoms with E-state index in [2.05, 4.69) is 25.6 Å². The van der Waals surface area contributed by atoms with Crippen molar-refractivity contribution in [1.82, 2.24) is 35.2 Å². The first kappa shape index (κ1) is 18.6. The number of rotatable bonds is 5. The monoisotopic (exact) mass is 399 g/mol. The highest BCUT2D eigenvalue weighted by Crippen LogP contribution is 2.36. The molecule has 0 unspecified atom stereocenters. The maximum Gasteiger partial charge on any atom is 0.341 e. The molecule has 1 fully saturated rings. The highest BCUT2D eigenvalue weighted by Gasteiger charge is 2.39.